The maximum Gasteiger partial charge on any atom is 0.328 e. The van der Waals surface area contributed by atoms with Gasteiger partial charge in [0.05, 0.1) is 18.2 Å². The predicted octanol–water partition coefficient (Wildman–Crippen LogP) is 3.51. The number of pyridine rings is 1. The minimum absolute atomic E-state index is 0.329. The number of methoxy groups -OCH3 is 1. The number of nitrogens with one attached hydrogen (secondary N) is 1. The number of amides is 1. The van der Waals surface area contributed by atoms with Crippen LogP contribution in [0, 0.1) is 0 Å². The van der Waals surface area contributed by atoms with Crippen LogP contribution in [0.2, 0.25) is 0 Å². The number of aromatic nitrogens is 1. The SMILES string of the molecule is COC(=O)[C@H](Cc1cccc(Br)c1)NC(=O)c1cccc2cccnc12. The molecule has 6 heteroatoms. The van der Waals surface area contributed by atoms with Gasteiger partial charge in [-0.25, -0.2) is 4.79 Å². The van der Waals surface area contributed by atoms with Crippen molar-refractivity contribution in [2.75, 3.05) is 7.11 Å². The summed E-state index contributed by atoms with van der Waals surface area (Å²) in [7, 11) is 1.31. The Balaban J connectivity index is 1.86. The maximum atomic E-state index is 12.8. The van der Waals surface area contributed by atoms with Gasteiger partial charge in [0.25, 0.3) is 5.91 Å². The molecule has 0 saturated carbocycles. The fourth-order valence-electron chi connectivity index (χ4n) is 2.76. The average molecular weight is 413 g/mol. The van der Waals surface area contributed by atoms with Crippen molar-refractivity contribution in [2.24, 2.45) is 0 Å². The third-order valence-electron chi connectivity index (χ3n) is 4.00. The molecule has 1 amide bonds. The van der Waals surface area contributed by atoms with Gasteiger partial charge in [0, 0.05) is 22.5 Å². The summed E-state index contributed by atoms with van der Waals surface area (Å²) < 4.78 is 5.76. The zero-order chi connectivity index (χ0) is 18.5. The Kier molecular flexibility index (Phi) is 5.63. The lowest BCUT2D eigenvalue weighted by Gasteiger charge is -2.17. The topological polar surface area (TPSA) is 68.3 Å². The number of esters is 1. The summed E-state index contributed by atoms with van der Waals surface area (Å²) >= 11 is 3.41. The van der Waals surface area contributed by atoms with Crippen molar-refractivity contribution in [1.82, 2.24) is 10.3 Å². The zero-order valence-corrected chi connectivity index (χ0v) is 15.7. The Morgan fingerprint density at radius 3 is 2.69 bits per heavy atom. The third kappa shape index (κ3) is 4.08. The molecule has 1 atom stereocenters. The first-order valence-corrected chi connectivity index (χ1v) is 8.84. The summed E-state index contributed by atoms with van der Waals surface area (Å²) in [5, 5.41) is 3.64. The normalized spacial score (nSPS) is 11.8. The molecule has 1 heterocycles. The van der Waals surface area contributed by atoms with Gasteiger partial charge in [0.15, 0.2) is 0 Å². The summed E-state index contributed by atoms with van der Waals surface area (Å²) in [6.07, 6.45) is 1.97. The molecule has 0 saturated heterocycles. The fraction of sp³-hybridized carbons (Fsp3) is 0.150. The monoisotopic (exact) mass is 412 g/mol. The van der Waals surface area contributed by atoms with Crippen LogP contribution >= 0.6 is 15.9 Å². The van der Waals surface area contributed by atoms with Crippen molar-refractivity contribution < 1.29 is 14.3 Å². The standard InChI is InChI=1S/C20H17BrN2O3/c1-26-20(25)17(12-13-5-2-8-15(21)11-13)23-19(24)16-9-3-6-14-7-4-10-22-18(14)16/h2-11,17H,12H2,1H3,(H,23,24)/t17-/m0/s1. The van der Waals surface area contributed by atoms with Crippen LogP contribution in [0.3, 0.4) is 0 Å². The largest absolute Gasteiger partial charge is 0.467 e. The van der Waals surface area contributed by atoms with Crippen molar-refractivity contribution in [2.45, 2.75) is 12.5 Å². The van der Waals surface area contributed by atoms with Crippen LogP contribution in [0.1, 0.15) is 15.9 Å². The molecule has 0 fully saturated rings. The van der Waals surface area contributed by atoms with Crippen molar-refractivity contribution >= 4 is 38.7 Å². The number of halogens is 1. The molecule has 0 unspecified atom stereocenters. The number of hydrogen-bond donors (Lipinski definition) is 1. The van der Waals surface area contributed by atoms with E-state index in [9.17, 15) is 9.59 Å². The van der Waals surface area contributed by atoms with Crippen molar-refractivity contribution in [3.63, 3.8) is 0 Å². The van der Waals surface area contributed by atoms with Crippen LogP contribution < -0.4 is 5.32 Å². The van der Waals surface area contributed by atoms with Gasteiger partial charge in [-0.3, -0.25) is 9.78 Å². The first-order chi connectivity index (χ1) is 12.6. The van der Waals surface area contributed by atoms with E-state index in [0.717, 1.165) is 15.4 Å². The molecule has 0 aliphatic carbocycles. The lowest BCUT2D eigenvalue weighted by molar-refractivity contribution is -0.142. The average Bonchev–Trinajstić information content (AvgIpc) is 2.66. The number of rotatable bonds is 5. The lowest BCUT2D eigenvalue weighted by atomic mass is 10.0. The number of carbonyl (C=O) groups excluding carboxylic acids is 2. The molecule has 3 rings (SSSR count). The highest BCUT2D eigenvalue weighted by Crippen LogP contribution is 2.17. The van der Waals surface area contributed by atoms with Crippen molar-refractivity contribution in [1.29, 1.82) is 0 Å². The second-order valence-electron chi connectivity index (χ2n) is 5.76. The smallest absolute Gasteiger partial charge is 0.328 e. The van der Waals surface area contributed by atoms with Gasteiger partial charge >= 0.3 is 5.97 Å². The van der Waals surface area contributed by atoms with E-state index in [1.807, 2.05) is 42.5 Å². The molecule has 3 aromatic rings. The fourth-order valence-corrected chi connectivity index (χ4v) is 3.21. The highest BCUT2D eigenvalue weighted by atomic mass is 79.9. The molecule has 132 valence electrons. The molecule has 2 aromatic carbocycles. The van der Waals surface area contributed by atoms with E-state index in [1.54, 1.807) is 18.3 Å². The van der Waals surface area contributed by atoms with E-state index in [1.165, 1.54) is 7.11 Å². The van der Waals surface area contributed by atoms with Gasteiger partial charge in [-0.2, -0.15) is 0 Å². The van der Waals surface area contributed by atoms with E-state index in [-0.39, 0.29) is 5.91 Å². The number of nitrogens with zero attached hydrogens (tertiary/aromatic N) is 1. The van der Waals surface area contributed by atoms with Crippen molar-refractivity contribution in [3.8, 4) is 0 Å². The zero-order valence-electron chi connectivity index (χ0n) is 14.1. The maximum absolute atomic E-state index is 12.8. The molecule has 0 aliphatic heterocycles. The van der Waals surface area contributed by atoms with Gasteiger partial charge in [-0.1, -0.05) is 46.3 Å². The second kappa shape index (κ2) is 8.10. The van der Waals surface area contributed by atoms with Crippen LogP contribution in [-0.4, -0.2) is 30.0 Å². The van der Waals surface area contributed by atoms with E-state index in [2.05, 4.69) is 26.2 Å². The third-order valence-corrected chi connectivity index (χ3v) is 4.49. The Labute approximate surface area is 159 Å². The van der Waals surface area contributed by atoms with Gasteiger partial charge in [0.2, 0.25) is 0 Å². The van der Waals surface area contributed by atoms with E-state index in [4.69, 9.17) is 4.74 Å². The van der Waals surface area contributed by atoms with Gasteiger partial charge in [0.1, 0.15) is 6.04 Å². The molecule has 5 nitrogen and oxygen atoms in total. The quantitative estimate of drug-likeness (QED) is 0.651. The summed E-state index contributed by atoms with van der Waals surface area (Å²) in [6, 6.07) is 15.9. The van der Waals surface area contributed by atoms with Gasteiger partial charge < -0.3 is 10.1 Å². The van der Waals surface area contributed by atoms with Crippen LogP contribution in [-0.2, 0) is 16.0 Å². The number of fused-ring (bicyclic) bond motifs is 1. The lowest BCUT2D eigenvalue weighted by Crippen LogP contribution is -2.43. The number of benzene rings is 2. The number of ether oxygens (including phenoxy) is 1. The molecule has 26 heavy (non-hydrogen) atoms. The molecule has 0 spiro atoms. The van der Waals surface area contributed by atoms with E-state index >= 15 is 0 Å². The van der Waals surface area contributed by atoms with Crippen molar-refractivity contribution in [3.05, 3.63) is 76.4 Å². The molecule has 0 radical (unpaired) electrons. The molecular formula is C20H17BrN2O3. The summed E-state index contributed by atoms with van der Waals surface area (Å²) in [5.41, 5.74) is 1.93. The Bertz CT molecular complexity index is 953. The van der Waals surface area contributed by atoms with Gasteiger partial charge in [-0.15, -0.1) is 0 Å². The Hall–Kier alpha value is -2.73. The predicted molar refractivity (Wildman–Crippen MR) is 103 cm³/mol. The highest BCUT2D eigenvalue weighted by molar-refractivity contribution is 9.10. The molecular weight excluding hydrogens is 396 g/mol. The summed E-state index contributed by atoms with van der Waals surface area (Å²) in [5.74, 6) is -0.855. The van der Waals surface area contributed by atoms with Crippen LogP contribution in [0.5, 0.6) is 0 Å². The first-order valence-electron chi connectivity index (χ1n) is 8.05. The Morgan fingerprint density at radius 2 is 1.92 bits per heavy atom. The second-order valence-corrected chi connectivity index (χ2v) is 6.68. The molecule has 0 bridgehead atoms. The van der Waals surface area contributed by atoms with Gasteiger partial charge in [-0.05, 0) is 29.8 Å². The molecule has 1 aromatic heterocycles. The molecule has 1 N–H and O–H groups in total. The first kappa shape index (κ1) is 18.1. The summed E-state index contributed by atoms with van der Waals surface area (Å²) in [4.78, 5) is 29.2. The number of carbonyl (C=O) groups is 2. The van der Waals surface area contributed by atoms with E-state index in [0.29, 0.717) is 17.5 Å². The number of para-hydroxylation sites is 1. The minimum atomic E-state index is -0.791. The van der Waals surface area contributed by atoms with Crippen LogP contribution in [0.25, 0.3) is 10.9 Å². The van der Waals surface area contributed by atoms with Crippen LogP contribution in [0.4, 0.5) is 0 Å². The minimum Gasteiger partial charge on any atom is -0.467 e. The number of hydrogen-bond acceptors (Lipinski definition) is 4. The van der Waals surface area contributed by atoms with Crippen LogP contribution in [0.15, 0.2) is 65.3 Å². The molecule has 0 aliphatic rings. The Morgan fingerprint density at radius 1 is 1.15 bits per heavy atom. The highest BCUT2D eigenvalue weighted by Gasteiger charge is 2.23. The summed E-state index contributed by atoms with van der Waals surface area (Å²) in [6.45, 7) is 0. The van der Waals surface area contributed by atoms with E-state index < -0.39 is 12.0 Å².